The molecule has 1 rings (SSSR count). The first-order valence-electron chi connectivity index (χ1n) is 3.76. The molecule has 1 aliphatic rings. The molecule has 3 N–H and O–H groups in total. The van der Waals surface area contributed by atoms with Gasteiger partial charge in [-0.2, -0.15) is 5.06 Å². The minimum absolute atomic E-state index is 0.340. The van der Waals surface area contributed by atoms with Crippen LogP contribution in [0.4, 0.5) is 0 Å². The van der Waals surface area contributed by atoms with Gasteiger partial charge in [0.1, 0.15) is 0 Å². The van der Waals surface area contributed by atoms with Crippen LogP contribution in [0.3, 0.4) is 0 Å². The van der Waals surface area contributed by atoms with Crippen molar-refractivity contribution >= 4 is 0 Å². The Labute approximate surface area is 67.4 Å². The summed E-state index contributed by atoms with van der Waals surface area (Å²) in [6, 6.07) is 0. The molecule has 0 saturated heterocycles. The van der Waals surface area contributed by atoms with E-state index < -0.39 is 5.54 Å². The molecule has 0 saturated carbocycles. The van der Waals surface area contributed by atoms with Gasteiger partial charge in [-0.15, -0.1) is 0 Å². The summed E-state index contributed by atoms with van der Waals surface area (Å²) >= 11 is 0. The molecule has 64 valence electrons. The second-order valence-corrected chi connectivity index (χ2v) is 4.12. The number of hydroxylamine groups is 2. The van der Waals surface area contributed by atoms with E-state index in [0.717, 1.165) is 5.70 Å². The van der Waals surface area contributed by atoms with Crippen LogP contribution in [-0.2, 0) is 0 Å². The van der Waals surface area contributed by atoms with Crippen LogP contribution >= 0.6 is 0 Å². The number of rotatable bonds is 0. The fourth-order valence-corrected chi connectivity index (χ4v) is 1.46. The predicted octanol–water partition coefficient (Wildman–Crippen LogP) is 1.09. The third-order valence-corrected chi connectivity index (χ3v) is 2.29. The van der Waals surface area contributed by atoms with Crippen molar-refractivity contribution in [1.82, 2.24) is 5.06 Å². The SMILES string of the molecule is CC1(C)C=C(N)C(C)(C)N1O. The molecule has 0 fully saturated rings. The van der Waals surface area contributed by atoms with Gasteiger partial charge >= 0.3 is 0 Å². The molecule has 0 radical (unpaired) electrons. The first-order valence-corrected chi connectivity index (χ1v) is 3.76. The molecule has 0 aromatic heterocycles. The van der Waals surface area contributed by atoms with E-state index in [1.54, 1.807) is 0 Å². The van der Waals surface area contributed by atoms with E-state index in [1.807, 2.05) is 33.8 Å². The zero-order chi connectivity index (χ0) is 8.86. The highest BCUT2D eigenvalue weighted by molar-refractivity contribution is 5.26. The van der Waals surface area contributed by atoms with Crippen LogP contribution < -0.4 is 5.73 Å². The van der Waals surface area contributed by atoms with E-state index in [0.29, 0.717) is 0 Å². The molecule has 1 aliphatic heterocycles. The molecule has 3 nitrogen and oxygen atoms in total. The number of nitrogens with zero attached hydrogens (tertiary/aromatic N) is 1. The minimum Gasteiger partial charge on any atom is -0.401 e. The van der Waals surface area contributed by atoms with Crippen molar-refractivity contribution in [2.24, 2.45) is 5.73 Å². The highest BCUT2D eigenvalue weighted by atomic mass is 16.5. The van der Waals surface area contributed by atoms with Gasteiger partial charge in [0.15, 0.2) is 0 Å². The van der Waals surface area contributed by atoms with Crippen LogP contribution in [0.15, 0.2) is 11.8 Å². The minimum atomic E-state index is -0.427. The Morgan fingerprint density at radius 1 is 1.36 bits per heavy atom. The van der Waals surface area contributed by atoms with Crippen molar-refractivity contribution in [2.75, 3.05) is 0 Å². The van der Waals surface area contributed by atoms with E-state index in [4.69, 9.17) is 5.73 Å². The number of hydrogen-bond donors (Lipinski definition) is 2. The smallest absolute Gasteiger partial charge is 0.0802 e. The lowest BCUT2D eigenvalue weighted by atomic mass is 10.0. The molecular formula is C8H16N2O. The van der Waals surface area contributed by atoms with Crippen LogP contribution in [0.5, 0.6) is 0 Å². The summed E-state index contributed by atoms with van der Waals surface area (Å²) in [6.07, 6.45) is 1.88. The maximum absolute atomic E-state index is 9.66. The summed E-state index contributed by atoms with van der Waals surface area (Å²) in [7, 11) is 0. The zero-order valence-electron chi connectivity index (χ0n) is 7.55. The highest BCUT2D eigenvalue weighted by Crippen LogP contribution is 2.35. The molecule has 0 aromatic rings. The first-order chi connectivity index (χ1) is 4.78. The Bertz CT molecular complexity index is 206. The van der Waals surface area contributed by atoms with Gasteiger partial charge in [0.25, 0.3) is 0 Å². The fourth-order valence-electron chi connectivity index (χ4n) is 1.46. The normalized spacial score (nSPS) is 28.6. The van der Waals surface area contributed by atoms with Gasteiger partial charge in [0.05, 0.1) is 11.1 Å². The Hall–Kier alpha value is -0.540. The Morgan fingerprint density at radius 2 is 1.82 bits per heavy atom. The van der Waals surface area contributed by atoms with E-state index >= 15 is 0 Å². The van der Waals surface area contributed by atoms with Crippen LogP contribution in [0.25, 0.3) is 0 Å². The zero-order valence-corrected chi connectivity index (χ0v) is 7.55. The van der Waals surface area contributed by atoms with Crippen molar-refractivity contribution in [3.63, 3.8) is 0 Å². The van der Waals surface area contributed by atoms with E-state index in [2.05, 4.69) is 0 Å². The van der Waals surface area contributed by atoms with Gasteiger partial charge in [-0.3, -0.25) is 0 Å². The topological polar surface area (TPSA) is 49.5 Å². The summed E-state index contributed by atoms with van der Waals surface area (Å²) in [5.74, 6) is 0. The number of nitrogens with two attached hydrogens (primary N) is 1. The summed E-state index contributed by atoms with van der Waals surface area (Å²) < 4.78 is 0. The van der Waals surface area contributed by atoms with Crippen LogP contribution in [0.1, 0.15) is 27.7 Å². The lowest BCUT2D eigenvalue weighted by Crippen LogP contribution is -2.48. The summed E-state index contributed by atoms with van der Waals surface area (Å²) in [5, 5.41) is 10.9. The summed E-state index contributed by atoms with van der Waals surface area (Å²) in [5.41, 5.74) is 5.70. The van der Waals surface area contributed by atoms with Crippen molar-refractivity contribution in [1.29, 1.82) is 0 Å². The quantitative estimate of drug-likeness (QED) is 0.552. The molecule has 3 heteroatoms. The molecule has 0 bridgehead atoms. The average Bonchev–Trinajstić information content (AvgIpc) is 1.94. The monoisotopic (exact) mass is 156 g/mol. The highest BCUT2D eigenvalue weighted by Gasteiger charge is 2.43. The number of hydrogen-bond acceptors (Lipinski definition) is 3. The second-order valence-electron chi connectivity index (χ2n) is 4.12. The van der Waals surface area contributed by atoms with Gasteiger partial charge in [-0.05, 0) is 33.8 Å². The van der Waals surface area contributed by atoms with Crippen molar-refractivity contribution in [2.45, 2.75) is 38.8 Å². The summed E-state index contributed by atoms with van der Waals surface area (Å²) in [4.78, 5) is 0. The fraction of sp³-hybridized carbons (Fsp3) is 0.750. The third kappa shape index (κ3) is 1.04. The van der Waals surface area contributed by atoms with Gasteiger partial charge in [0.2, 0.25) is 0 Å². The maximum Gasteiger partial charge on any atom is 0.0802 e. The van der Waals surface area contributed by atoms with Crippen molar-refractivity contribution in [3.8, 4) is 0 Å². The van der Waals surface area contributed by atoms with E-state index in [9.17, 15) is 5.21 Å². The predicted molar refractivity (Wildman–Crippen MR) is 44.1 cm³/mol. The molecule has 1 heterocycles. The molecule has 0 aliphatic carbocycles. The maximum atomic E-state index is 9.66. The molecule has 0 spiro atoms. The second kappa shape index (κ2) is 1.99. The molecule has 0 unspecified atom stereocenters. The lowest BCUT2D eigenvalue weighted by molar-refractivity contribution is -0.185. The Kier molecular flexibility index (Phi) is 1.55. The molecule has 0 aromatic carbocycles. The summed E-state index contributed by atoms with van der Waals surface area (Å²) in [6.45, 7) is 7.64. The molecule has 0 atom stereocenters. The largest absolute Gasteiger partial charge is 0.401 e. The third-order valence-electron chi connectivity index (χ3n) is 2.29. The Balaban J connectivity index is 3.04. The van der Waals surface area contributed by atoms with Crippen LogP contribution in [-0.4, -0.2) is 21.3 Å². The standard InChI is InChI=1S/C8H16N2O/c1-7(2)5-6(9)8(3,4)10(7)11/h5,11H,9H2,1-4H3. The van der Waals surface area contributed by atoms with Crippen molar-refractivity contribution in [3.05, 3.63) is 11.8 Å². The van der Waals surface area contributed by atoms with Gasteiger partial charge < -0.3 is 10.9 Å². The first kappa shape index (κ1) is 8.56. The van der Waals surface area contributed by atoms with E-state index in [-0.39, 0.29) is 5.54 Å². The van der Waals surface area contributed by atoms with Crippen molar-refractivity contribution < 1.29 is 5.21 Å². The van der Waals surface area contributed by atoms with Gasteiger partial charge in [-0.1, -0.05) is 0 Å². The van der Waals surface area contributed by atoms with Gasteiger partial charge in [-0.25, -0.2) is 0 Å². The lowest BCUT2D eigenvalue weighted by Gasteiger charge is -2.35. The van der Waals surface area contributed by atoms with Gasteiger partial charge in [0, 0.05) is 5.70 Å². The van der Waals surface area contributed by atoms with E-state index in [1.165, 1.54) is 5.06 Å². The molecular weight excluding hydrogens is 140 g/mol. The van der Waals surface area contributed by atoms with Crippen LogP contribution in [0, 0.1) is 0 Å². The average molecular weight is 156 g/mol. The van der Waals surface area contributed by atoms with Crippen LogP contribution in [0.2, 0.25) is 0 Å². The molecule has 0 amide bonds. The molecule has 11 heavy (non-hydrogen) atoms. The Morgan fingerprint density at radius 3 is 1.91 bits per heavy atom.